The Balaban J connectivity index is 1.78. The summed E-state index contributed by atoms with van der Waals surface area (Å²) in [5, 5.41) is 9.62. The average Bonchev–Trinajstić information content (AvgIpc) is 2.37. The second-order valence-electron chi connectivity index (χ2n) is 5.36. The molecule has 2 fully saturated rings. The molecule has 3 N–H and O–H groups in total. The van der Waals surface area contributed by atoms with Crippen molar-refractivity contribution in [2.75, 3.05) is 32.7 Å². The van der Waals surface area contributed by atoms with Gasteiger partial charge in [0.25, 0.3) is 0 Å². The zero-order valence-corrected chi connectivity index (χ0v) is 10.9. The van der Waals surface area contributed by atoms with Crippen molar-refractivity contribution in [3.63, 3.8) is 0 Å². The third kappa shape index (κ3) is 3.67. The highest BCUT2D eigenvalue weighted by Crippen LogP contribution is 2.16. The summed E-state index contributed by atoms with van der Waals surface area (Å²) < 4.78 is 0. The van der Waals surface area contributed by atoms with Gasteiger partial charge in [0.05, 0.1) is 12.1 Å². The van der Waals surface area contributed by atoms with E-state index >= 15 is 0 Å². The lowest BCUT2D eigenvalue weighted by Gasteiger charge is -2.36. The molecule has 2 saturated heterocycles. The van der Waals surface area contributed by atoms with Crippen LogP contribution in [0.5, 0.6) is 0 Å². The van der Waals surface area contributed by atoms with Crippen molar-refractivity contribution < 1.29 is 9.90 Å². The number of amides is 1. The normalized spacial score (nSPS) is 31.4. The molecule has 2 rings (SSSR count). The van der Waals surface area contributed by atoms with Crippen LogP contribution in [0, 0.1) is 6.42 Å². The van der Waals surface area contributed by atoms with Crippen LogP contribution in [-0.2, 0) is 4.79 Å². The maximum atomic E-state index is 11.4. The summed E-state index contributed by atoms with van der Waals surface area (Å²) in [5.74, 6) is -0.218. The zero-order valence-electron chi connectivity index (χ0n) is 10.9. The Morgan fingerprint density at radius 2 is 2.22 bits per heavy atom. The Bertz CT molecular complexity index is 285. The van der Waals surface area contributed by atoms with Gasteiger partial charge in [0, 0.05) is 19.6 Å². The van der Waals surface area contributed by atoms with Gasteiger partial charge < -0.3 is 10.8 Å². The molecule has 18 heavy (non-hydrogen) atoms. The molecular weight excluding hydrogens is 230 g/mol. The van der Waals surface area contributed by atoms with E-state index in [4.69, 9.17) is 5.73 Å². The molecule has 0 saturated carbocycles. The first-order valence-corrected chi connectivity index (χ1v) is 6.92. The lowest BCUT2D eigenvalue weighted by Crippen LogP contribution is -2.51. The van der Waals surface area contributed by atoms with Gasteiger partial charge in [-0.25, -0.2) is 0 Å². The van der Waals surface area contributed by atoms with Crippen LogP contribution in [0.1, 0.15) is 25.7 Å². The third-order valence-electron chi connectivity index (χ3n) is 3.96. The molecule has 1 amide bonds. The van der Waals surface area contributed by atoms with E-state index in [1.54, 1.807) is 0 Å². The van der Waals surface area contributed by atoms with Crippen LogP contribution in [0.2, 0.25) is 0 Å². The number of carbonyl (C=O) groups excluding carboxylic acids is 1. The molecule has 2 aliphatic rings. The second-order valence-corrected chi connectivity index (χ2v) is 5.36. The van der Waals surface area contributed by atoms with E-state index in [2.05, 4.69) is 16.2 Å². The van der Waals surface area contributed by atoms with Crippen LogP contribution in [0.4, 0.5) is 0 Å². The van der Waals surface area contributed by atoms with E-state index < -0.39 is 0 Å². The predicted molar refractivity (Wildman–Crippen MR) is 69.8 cm³/mol. The van der Waals surface area contributed by atoms with Crippen molar-refractivity contribution in [2.45, 2.75) is 37.8 Å². The molecule has 103 valence electrons. The molecule has 0 aromatic rings. The molecule has 0 spiro atoms. The number of aliphatic hydroxyl groups excluding tert-OH is 1. The molecule has 2 aliphatic heterocycles. The monoisotopic (exact) mass is 254 g/mol. The van der Waals surface area contributed by atoms with E-state index in [1.165, 1.54) is 0 Å². The fourth-order valence-corrected chi connectivity index (χ4v) is 2.91. The number of carbonyl (C=O) groups is 1. The molecular formula is C13H24N3O2. The van der Waals surface area contributed by atoms with Crippen LogP contribution in [0.15, 0.2) is 0 Å². The second kappa shape index (κ2) is 6.50. The van der Waals surface area contributed by atoms with Crippen LogP contribution >= 0.6 is 0 Å². The SMILES string of the molecule is NC(=O)C1C[CH]CCN1CCN1CCCC(O)C1. The van der Waals surface area contributed by atoms with Gasteiger partial charge in [-0.2, -0.15) is 0 Å². The highest BCUT2D eigenvalue weighted by atomic mass is 16.3. The quantitative estimate of drug-likeness (QED) is 0.716. The minimum Gasteiger partial charge on any atom is -0.392 e. The van der Waals surface area contributed by atoms with Crippen molar-refractivity contribution in [3.8, 4) is 0 Å². The Labute approximate surface area is 109 Å². The van der Waals surface area contributed by atoms with Crippen molar-refractivity contribution in [1.29, 1.82) is 0 Å². The Kier molecular flexibility index (Phi) is 4.97. The minimum atomic E-state index is -0.218. The molecule has 2 atom stereocenters. The van der Waals surface area contributed by atoms with Crippen molar-refractivity contribution >= 4 is 5.91 Å². The number of primary amides is 1. The van der Waals surface area contributed by atoms with Gasteiger partial charge in [-0.3, -0.25) is 14.6 Å². The fraction of sp³-hybridized carbons (Fsp3) is 0.846. The molecule has 0 aliphatic carbocycles. The van der Waals surface area contributed by atoms with E-state index in [-0.39, 0.29) is 18.1 Å². The minimum absolute atomic E-state index is 0.131. The first-order valence-electron chi connectivity index (χ1n) is 6.92. The fourth-order valence-electron chi connectivity index (χ4n) is 2.91. The molecule has 1 radical (unpaired) electrons. The number of β-amino-alcohol motifs (C(OH)–C–C–N with tert-alkyl or cyclic N) is 1. The predicted octanol–water partition coefficient (Wildman–Crippen LogP) is -0.403. The molecule has 0 aromatic heterocycles. The van der Waals surface area contributed by atoms with Gasteiger partial charge in [0.1, 0.15) is 0 Å². The van der Waals surface area contributed by atoms with Crippen LogP contribution in [-0.4, -0.2) is 65.7 Å². The Morgan fingerprint density at radius 1 is 1.39 bits per heavy atom. The molecule has 5 heteroatoms. The lowest BCUT2D eigenvalue weighted by molar-refractivity contribution is -0.124. The average molecular weight is 254 g/mol. The number of aliphatic hydroxyl groups is 1. The Hall–Kier alpha value is -0.650. The van der Waals surface area contributed by atoms with E-state index in [0.717, 1.165) is 58.4 Å². The van der Waals surface area contributed by atoms with E-state index in [9.17, 15) is 9.90 Å². The van der Waals surface area contributed by atoms with Gasteiger partial charge in [0.2, 0.25) is 5.91 Å². The van der Waals surface area contributed by atoms with E-state index in [0.29, 0.717) is 0 Å². The largest absolute Gasteiger partial charge is 0.392 e. The van der Waals surface area contributed by atoms with Crippen LogP contribution < -0.4 is 5.73 Å². The summed E-state index contributed by atoms with van der Waals surface area (Å²) in [4.78, 5) is 15.8. The summed E-state index contributed by atoms with van der Waals surface area (Å²) >= 11 is 0. The van der Waals surface area contributed by atoms with Crippen molar-refractivity contribution in [1.82, 2.24) is 9.80 Å². The molecule has 2 heterocycles. The summed E-state index contributed by atoms with van der Waals surface area (Å²) in [6.07, 6.45) is 5.76. The smallest absolute Gasteiger partial charge is 0.234 e. The summed E-state index contributed by atoms with van der Waals surface area (Å²) in [6, 6.07) is -0.131. The number of hydrogen-bond donors (Lipinski definition) is 2. The van der Waals surface area contributed by atoms with Crippen molar-refractivity contribution in [3.05, 3.63) is 6.42 Å². The molecule has 5 nitrogen and oxygen atoms in total. The summed E-state index contributed by atoms with van der Waals surface area (Å²) in [7, 11) is 0. The van der Waals surface area contributed by atoms with Crippen LogP contribution in [0.25, 0.3) is 0 Å². The Morgan fingerprint density at radius 3 is 2.94 bits per heavy atom. The highest BCUT2D eigenvalue weighted by Gasteiger charge is 2.27. The maximum absolute atomic E-state index is 11.4. The lowest BCUT2D eigenvalue weighted by atomic mass is 10.0. The van der Waals surface area contributed by atoms with Gasteiger partial charge in [-0.15, -0.1) is 0 Å². The number of hydrogen-bond acceptors (Lipinski definition) is 4. The first kappa shape index (κ1) is 13.8. The number of nitrogens with two attached hydrogens (primary N) is 1. The third-order valence-corrected chi connectivity index (χ3v) is 3.96. The summed E-state index contributed by atoms with van der Waals surface area (Å²) in [5.41, 5.74) is 5.43. The van der Waals surface area contributed by atoms with Gasteiger partial charge in [0.15, 0.2) is 0 Å². The molecule has 0 bridgehead atoms. The number of rotatable bonds is 4. The first-order chi connectivity index (χ1) is 8.66. The number of nitrogens with zero attached hydrogens (tertiary/aromatic N) is 2. The zero-order chi connectivity index (χ0) is 13.0. The van der Waals surface area contributed by atoms with Crippen molar-refractivity contribution in [2.24, 2.45) is 5.73 Å². The number of piperidine rings is 2. The standard InChI is InChI=1S/C13H24N3O2/c14-13(18)12-5-1-2-7-16(12)9-8-15-6-3-4-11(17)10-15/h1,11-12,17H,2-10H2,(H2,14,18). The van der Waals surface area contributed by atoms with Crippen LogP contribution in [0.3, 0.4) is 0 Å². The maximum Gasteiger partial charge on any atom is 0.234 e. The van der Waals surface area contributed by atoms with Gasteiger partial charge >= 0.3 is 0 Å². The summed E-state index contributed by atoms with van der Waals surface area (Å²) in [6.45, 7) is 4.53. The van der Waals surface area contributed by atoms with Gasteiger partial charge in [-0.1, -0.05) is 0 Å². The number of likely N-dealkylation sites (tertiary alicyclic amines) is 2. The molecule has 2 unspecified atom stereocenters. The topological polar surface area (TPSA) is 69.8 Å². The van der Waals surface area contributed by atoms with Gasteiger partial charge in [-0.05, 0) is 45.2 Å². The molecule has 0 aromatic carbocycles. The highest BCUT2D eigenvalue weighted by molar-refractivity contribution is 5.80. The van der Waals surface area contributed by atoms with E-state index in [1.807, 2.05) is 0 Å².